The summed E-state index contributed by atoms with van der Waals surface area (Å²) in [6, 6.07) is 1.45. The maximum Gasteiger partial charge on any atom is 0.138 e. The van der Waals surface area contributed by atoms with E-state index in [-0.39, 0.29) is 0 Å². The van der Waals surface area contributed by atoms with E-state index in [4.69, 9.17) is 0 Å². The highest BCUT2D eigenvalue weighted by Gasteiger charge is 2.45. The van der Waals surface area contributed by atoms with Crippen LogP contribution in [0.15, 0.2) is 0 Å². The second-order valence-electron chi connectivity index (χ2n) is 5.40. The zero-order valence-electron chi connectivity index (χ0n) is 8.91. The molecule has 2 nitrogen and oxygen atoms in total. The highest BCUT2D eigenvalue weighted by atomic mass is 16.1. The van der Waals surface area contributed by atoms with Gasteiger partial charge in [-0.15, -0.1) is 0 Å². The molecule has 2 heteroatoms. The van der Waals surface area contributed by atoms with Gasteiger partial charge in [-0.2, -0.15) is 0 Å². The van der Waals surface area contributed by atoms with Crippen LogP contribution in [0.3, 0.4) is 0 Å². The predicted molar refractivity (Wildman–Crippen MR) is 55.0 cm³/mol. The van der Waals surface area contributed by atoms with Gasteiger partial charge in [0.05, 0.1) is 0 Å². The quantitative estimate of drug-likeness (QED) is 0.585. The molecule has 2 unspecified atom stereocenters. The molecular formula is C12H19NO. The number of hydrogen-bond acceptors (Lipinski definition) is 2. The second kappa shape index (κ2) is 3.06. The van der Waals surface area contributed by atoms with Crippen molar-refractivity contribution in [3.05, 3.63) is 0 Å². The summed E-state index contributed by atoms with van der Waals surface area (Å²) in [4.78, 5) is 14.4. The molecule has 3 aliphatic heterocycles. The summed E-state index contributed by atoms with van der Waals surface area (Å²) < 4.78 is 0. The number of Topliss-reactive ketones (excluding diaryl/α,β-unsaturated/α-hetero) is 1. The smallest absolute Gasteiger partial charge is 0.138 e. The van der Waals surface area contributed by atoms with Crippen LogP contribution in [-0.2, 0) is 4.79 Å². The first-order valence-electron chi connectivity index (χ1n) is 6.04. The Balaban J connectivity index is 1.84. The number of nitrogens with zero attached hydrogens (tertiary/aromatic N) is 1. The normalized spacial score (nSPS) is 47.9. The van der Waals surface area contributed by atoms with Gasteiger partial charge < -0.3 is 0 Å². The molecule has 0 aromatic rings. The molecule has 0 aromatic heterocycles. The number of piperidine rings is 3. The molecule has 1 aliphatic carbocycles. The Hall–Kier alpha value is -0.370. The first-order chi connectivity index (χ1) is 6.75. The summed E-state index contributed by atoms with van der Waals surface area (Å²) in [5.41, 5.74) is 0. The van der Waals surface area contributed by atoms with Crippen LogP contribution in [0.5, 0.6) is 0 Å². The largest absolute Gasteiger partial charge is 0.299 e. The molecule has 2 atom stereocenters. The van der Waals surface area contributed by atoms with E-state index in [0.717, 1.165) is 24.9 Å². The number of rotatable bonds is 0. The molecule has 0 N–H and O–H groups in total. The van der Waals surface area contributed by atoms with E-state index in [9.17, 15) is 4.79 Å². The van der Waals surface area contributed by atoms with E-state index in [2.05, 4.69) is 11.8 Å². The van der Waals surface area contributed by atoms with Crippen LogP contribution >= 0.6 is 0 Å². The minimum Gasteiger partial charge on any atom is -0.299 e. The Morgan fingerprint density at radius 3 is 2.64 bits per heavy atom. The summed E-state index contributed by atoms with van der Waals surface area (Å²) in [5.74, 6) is 1.65. The third kappa shape index (κ3) is 1.16. The number of hydrogen-bond donors (Lipinski definition) is 0. The molecule has 0 aromatic carbocycles. The van der Waals surface area contributed by atoms with Crippen molar-refractivity contribution >= 4 is 5.78 Å². The zero-order chi connectivity index (χ0) is 9.71. The maximum atomic E-state index is 11.7. The van der Waals surface area contributed by atoms with E-state index in [0.29, 0.717) is 17.7 Å². The van der Waals surface area contributed by atoms with Crippen molar-refractivity contribution in [2.75, 3.05) is 6.54 Å². The highest BCUT2D eigenvalue weighted by molar-refractivity contribution is 5.82. The standard InChI is InChI=1S/C12H19NO/c1-8-7-13-10-4-2-9(3-5-10)11(13)6-12(8)14/h8-11H,2-7H2,1H3. The monoisotopic (exact) mass is 193 g/mol. The molecule has 2 bridgehead atoms. The van der Waals surface area contributed by atoms with Gasteiger partial charge in [0.1, 0.15) is 5.78 Å². The van der Waals surface area contributed by atoms with Crippen LogP contribution in [0, 0.1) is 11.8 Å². The predicted octanol–water partition coefficient (Wildman–Crippen LogP) is 1.84. The minimum absolute atomic E-state index is 0.297. The molecule has 4 rings (SSSR count). The van der Waals surface area contributed by atoms with Crippen molar-refractivity contribution < 1.29 is 4.79 Å². The molecule has 14 heavy (non-hydrogen) atoms. The van der Waals surface area contributed by atoms with Gasteiger partial charge in [-0.25, -0.2) is 0 Å². The molecule has 3 heterocycles. The first-order valence-corrected chi connectivity index (χ1v) is 6.04. The van der Waals surface area contributed by atoms with E-state index in [1.165, 1.54) is 25.7 Å². The average molecular weight is 193 g/mol. The third-order valence-electron chi connectivity index (χ3n) is 4.63. The fourth-order valence-corrected chi connectivity index (χ4v) is 3.75. The SMILES string of the molecule is CC1CN2C3CCC(CC3)C2CC1=O. The van der Waals surface area contributed by atoms with E-state index in [1.54, 1.807) is 0 Å². The summed E-state index contributed by atoms with van der Waals surface area (Å²) >= 11 is 0. The van der Waals surface area contributed by atoms with Crippen LogP contribution in [0.2, 0.25) is 0 Å². The van der Waals surface area contributed by atoms with Crippen LogP contribution < -0.4 is 0 Å². The van der Waals surface area contributed by atoms with Gasteiger partial charge in [0.15, 0.2) is 0 Å². The van der Waals surface area contributed by atoms with E-state index < -0.39 is 0 Å². The third-order valence-corrected chi connectivity index (χ3v) is 4.63. The molecule has 0 spiro atoms. The van der Waals surface area contributed by atoms with Crippen molar-refractivity contribution in [3.63, 3.8) is 0 Å². The molecule has 3 saturated heterocycles. The molecule has 4 fully saturated rings. The number of carbonyl (C=O) groups is 1. The Bertz CT molecular complexity index is 255. The van der Waals surface area contributed by atoms with Gasteiger partial charge in [0, 0.05) is 31.0 Å². The van der Waals surface area contributed by atoms with E-state index in [1.807, 2.05) is 0 Å². The lowest BCUT2D eigenvalue weighted by molar-refractivity contribution is -0.134. The lowest BCUT2D eigenvalue weighted by atomic mass is 9.70. The minimum atomic E-state index is 0.297. The van der Waals surface area contributed by atoms with Crippen molar-refractivity contribution in [3.8, 4) is 0 Å². The van der Waals surface area contributed by atoms with Gasteiger partial charge in [-0.1, -0.05) is 6.92 Å². The van der Waals surface area contributed by atoms with Crippen LogP contribution in [0.4, 0.5) is 0 Å². The van der Waals surface area contributed by atoms with Gasteiger partial charge >= 0.3 is 0 Å². The van der Waals surface area contributed by atoms with E-state index >= 15 is 0 Å². The average Bonchev–Trinajstić information content (AvgIpc) is 2.22. The van der Waals surface area contributed by atoms with Gasteiger partial charge in [-0.3, -0.25) is 9.69 Å². The van der Waals surface area contributed by atoms with Crippen molar-refractivity contribution in [1.82, 2.24) is 4.90 Å². The second-order valence-corrected chi connectivity index (χ2v) is 5.40. The number of ketones is 1. The Morgan fingerprint density at radius 2 is 1.93 bits per heavy atom. The summed E-state index contributed by atoms with van der Waals surface area (Å²) in [7, 11) is 0. The number of carbonyl (C=O) groups excluding carboxylic acids is 1. The summed E-state index contributed by atoms with van der Waals surface area (Å²) in [6.45, 7) is 3.14. The number of fused-ring (bicyclic) bond motifs is 2. The first kappa shape index (κ1) is 8.90. The maximum absolute atomic E-state index is 11.7. The fraction of sp³-hybridized carbons (Fsp3) is 0.917. The van der Waals surface area contributed by atoms with Crippen LogP contribution in [0.1, 0.15) is 39.0 Å². The molecule has 4 aliphatic rings. The molecule has 0 amide bonds. The van der Waals surface area contributed by atoms with Gasteiger partial charge in [0.2, 0.25) is 0 Å². The Labute approximate surface area is 85.7 Å². The molecule has 78 valence electrons. The lowest BCUT2D eigenvalue weighted by Crippen LogP contribution is -2.60. The Morgan fingerprint density at radius 1 is 1.21 bits per heavy atom. The molecule has 0 radical (unpaired) electrons. The molecular weight excluding hydrogens is 174 g/mol. The van der Waals surface area contributed by atoms with Crippen molar-refractivity contribution in [2.45, 2.75) is 51.1 Å². The fourth-order valence-electron chi connectivity index (χ4n) is 3.75. The van der Waals surface area contributed by atoms with Crippen LogP contribution in [-0.4, -0.2) is 29.3 Å². The molecule has 1 saturated carbocycles. The van der Waals surface area contributed by atoms with Gasteiger partial charge in [-0.05, 0) is 31.6 Å². The lowest BCUT2D eigenvalue weighted by Gasteiger charge is -2.54. The van der Waals surface area contributed by atoms with Gasteiger partial charge in [0.25, 0.3) is 0 Å². The van der Waals surface area contributed by atoms with Crippen LogP contribution in [0.25, 0.3) is 0 Å². The summed E-state index contributed by atoms with van der Waals surface area (Å²) in [5, 5.41) is 0. The van der Waals surface area contributed by atoms with Crippen molar-refractivity contribution in [1.29, 1.82) is 0 Å². The van der Waals surface area contributed by atoms with Crippen molar-refractivity contribution in [2.24, 2.45) is 11.8 Å². The summed E-state index contributed by atoms with van der Waals surface area (Å²) in [6.07, 6.45) is 6.40. The topological polar surface area (TPSA) is 20.3 Å². The zero-order valence-corrected chi connectivity index (χ0v) is 8.91. The highest BCUT2D eigenvalue weighted by Crippen LogP contribution is 2.43. The Kier molecular flexibility index (Phi) is 1.94.